The minimum atomic E-state index is 0.303. The van der Waals surface area contributed by atoms with Crippen molar-refractivity contribution in [3.05, 3.63) is 6.07 Å². The summed E-state index contributed by atoms with van der Waals surface area (Å²) in [4.78, 5) is 10.8. The Kier molecular flexibility index (Phi) is 7.72. The second-order valence-corrected chi connectivity index (χ2v) is 4.73. The molecule has 0 unspecified atom stereocenters. The van der Waals surface area contributed by atoms with Crippen molar-refractivity contribution in [2.75, 3.05) is 49.1 Å². The Morgan fingerprint density at radius 1 is 1.05 bits per heavy atom. The average Bonchev–Trinajstić information content (AvgIpc) is 2.45. The SMILES string of the molecule is CCCNc1cc(NCCCN(CC)CC)nc(N)n1. The molecule has 0 radical (unpaired) electrons. The molecule has 1 heterocycles. The largest absolute Gasteiger partial charge is 0.370 e. The topological polar surface area (TPSA) is 79.1 Å². The van der Waals surface area contributed by atoms with Crippen molar-refractivity contribution in [2.24, 2.45) is 0 Å². The standard InChI is InChI=1S/C14H28N6/c1-4-8-16-12-11-13(19-14(15)18-12)17-9-7-10-20(5-2)6-3/h11H,4-10H2,1-3H3,(H4,15,16,17,18,19). The first-order chi connectivity index (χ1) is 9.69. The summed E-state index contributed by atoms with van der Waals surface area (Å²) in [5, 5.41) is 6.53. The molecule has 1 aromatic heterocycles. The van der Waals surface area contributed by atoms with Crippen molar-refractivity contribution in [1.82, 2.24) is 14.9 Å². The van der Waals surface area contributed by atoms with Crippen molar-refractivity contribution < 1.29 is 0 Å². The number of hydrogen-bond donors (Lipinski definition) is 3. The Morgan fingerprint density at radius 2 is 1.65 bits per heavy atom. The molecule has 0 amide bonds. The van der Waals surface area contributed by atoms with Gasteiger partial charge in [-0.2, -0.15) is 9.97 Å². The predicted molar refractivity (Wildman–Crippen MR) is 86.1 cm³/mol. The van der Waals surface area contributed by atoms with Crippen LogP contribution in [0.1, 0.15) is 33.6 Å². The van der Waals surface area contributed by atoms with Crippen molar-refractivity contribution in [2.45, 2.75) is 33.6 Å². The number of nitrogen functional groups attached to an aromatic ring is 1. The predicted octanol–water partition coefficient (Wildman–Crippen LogP) is 2.02. The van der Waals surface area contributed by atoms with Crippen molar-refractivity contribution >= 4 is 17.6 Å². The van der Waals surface area contributed by atoms with Crippen LogP contribution in [0.15, 0.2) is 6.07 Å². The molecule has 114 valence electrons. The van der Waals surface area contributed by atoms with Crippen LogP contribution in [0.25, 0.3) is 0 Å². The Labute approximate surface area is 122 Å². The highest BCUT2D eigenvalue weighted by Crippen LogP contribution is 2.12. The molecular weight excluding hydrogens is 252 g/mol. The third-order valence-electron chi connectivity index (χ3n) is 3.15. The highest BCUT2D eigenvalue weighted by atomic mass is 15.1. The normalized spacial score (nSPS) is 10.8. The van der Waals surface area contributed by atoms with Crippen LogP contribution >= 0.6 is 0 Å². The van der Waals surface area contributed by atoms with Crippen LogP contribution in [0.5, 0.6) is 0 Å². The van der Waals surface area contributed by atoms with Gasteiger partial charge in [-0.15, -0.1) is 0 Å². The van der Waals surface area contributed by atoms with Gasteiger partial charge in [0, 0.05) is 19.2 Å². The molecule has 0 spiro atoms. The number of aromatic nitrogens is 2. The number of nitrogens with zero attached hydrogens (tertiary/aromatic N) is 3. The second kappa shape index (κ2) is 9.36. The third kappa shape index (κ3) is 6.06. The summed E-state index contributed by atoms with van der Waals surface area (Å²) >= 11 is 0. The minimum absolute atomic E-state index is 0.303. The molecule has 20 heavy (non-hydrogen) atoms. The van der Waals surface area contributed by atoms with Crippen LogP contribution < -0.4 is 16.4 Å². The van der Waals surface area contributed by atoms with E-state index in [1.807, 2.05) is 6.07 Å². The van der Waals surface area contributed by atoms with E-state index in [9.17, 15) is 0 Å². The lowest BCUT2D eigenvalue weighted by molar-refractivity contribution is 0.303. The summed E-state index contributed by atoms with van der Waals surface area (Å²) in [5.41, 5.74) is 5.72. The Morgan fingerprint density at radius 3 is 2.20 bits per heavy atom. The van der Waals surface area contributed by atoms with Gasteiger partial charge in [-0.1, -0.05) is 20.8 Å². The molecule has 0 saturated carbocycles. The lowest BCUT2D eigenvalue weighted by Crippen LogP contribution is -2.25. The van der Waals surface area contributed by atoms with Gasteiger partial charge in [-0.3, -0.25) is 0 Å². The summed E-state index contributed by atoms with van der Waals surface area (Å²) < 4.78 is 0. The molecule has 0 aliphatic carbocycles. The van der Waals surface area contributed by atoms with Gasteiger partial charge in [0.2, 0.25) is 5.95 Å². The molecule has 0 atom stereocenters. The van der Waals surface area contributed by atoms with Gasteiger partial charge in [0.15, 0.2) is 0 Å². The molecule has 0 aromatic carbocycles. The number of nitrogens with two attached hydrogens (primary N) is 1. The molecule has 1 aromatic rings. The zero-order chi connectivity index (χ0) is 14.8. The maximum atomic E-state index is 5.72. The molecule has 0 aliphatic rings. The molecule has 6 nitrogen and oxygen atoms in total. The van der Waals surface area contributed by atoms with E-state index in [2.05, 4.69) is 46.3 Å². The zero-order valence-electron chi connectivity index (χ0n) is 12.9. The van der Waals surface area contributed by atoms with Crippen LogP contribution in [0.3, 0.4) is 0 Å². The summed E-state index contributed by atoms with van der Waals surface area (Å²) in [6.45, 7) is 11.6. The first-order valence-corrected chi connectivity index (χ1v) is 7.54. The lowest BCUT2D eigenvalue weighted by atomic mass is 10.3. The van der Waals surface area contributed by atoms with E-state index in [-0.39, 0.29) is 0 Å². The highest BCUT2D eigenvalue weighted by molar-refractivity contribution is 5.50. The molecule has 0 bridgehead atoms. The van der Waals surface area contributed by atoms with E-state index in [0.717, 1.165) is 57.2 Å². The first kappa shape index (κ1) is 16.5. The van der Waals surface area contributed by atoms with Crippen molar-refractivity contribution in [1.29, 1.82) is 0 Å². The first-order valence-electron chi connectivity index (χ1n) is 7.54. The summed E-state index contributed by atoms with van der Waals surface area (Å²) in [7, 11) is 0. The molecule has 6 heteroatoms. The van der Waals surface area contributed by atoms with Crippen molar-refractivity contribution in [3.8, 4) is 0 Å². The summed E-state index contributed by atoms with van der Waals surface area (Å²) in [6.07, 6.45) is 2.14. The lowest BCUT2D eigenvalue weighted by Gasteiger charge is -2.17. The summed E-state index contributed by atoms with van der Waals surface area (Å²) in [5.74, 6) is 1.87. The molecule has 0 fully saturated rings. The quantitative estimate of drug-likeness (QED) is 0.569. The molecule has 4 N–H and O–H groups in total. The number of rotatable bonds is 10. The van der Waals surface area contributed by atoms with E-state index in [1.54, 1.807) is 0 Å². The van der Waals surface area contributed by atoms with Crippen LogP contribution in [0, 0.1) is 0 Å². The smallest absolute Gasteiger partial charge is 0.223 e. The van der Waals surface area contributed by atoms with Gasteiger partial charge in [0.05, 0.1) is 0 Å². The van der Waals surface area contributed by atoms with Gasteiger partial charge in [-0.05, 0) is 32.5 Å². The monoisotopic (exact) mass is 280 g/mol. The van der Waals surface area contributed by atoms with Crippen LogP contribution in [-0.4, -0.2) is 47.6 Å². The van der Waals surface area contributed by atoms with E-state index in [0.29, 0.717) is 5.95 Å². The van der Waals surface area contributed by atoms with Gasteiger partial charge in [-0.25, -0.2) is 0 Å². The molecular formula is C14H28N6. The van der Waals surface area contributed by atoms with E-state index in [1.165, 1.54) is 0 Å². The minimum Gasteiger partial charge on any atom is -0.370 e. The van der Waals surface area contributed by atoms with Crippen molar-refractivity contribution in [3.63, 3.8) is 0 Å². The van der Waals surface area contributed by atoms with Crippen LogP contribution in [0.4, 0.5) is 17.6 Å². The Hall–Kier alpha value is -1.56. The fourth-order valence-corrected chi connectivity index (χ4v) is 1.96. The average molecular weight is 280 g/mol. The fourth-order valence-electron chi connectivity index (χ4n) is 1.96. The van der Waals surface area contributed by atoms with E-state index < -0.39 is 0 Å². The highest BCUT2D eigenvalue weighted by Gasteiger charge is 2.02. The van der Waals surface area contributed by atoms with Gasteiger partial charge in [0.25, 0.3) is 0 Å². The maximum Gasteiger partial charge on any atom is 0.223 e. The summed E-state index contributed by atoms with van der Waals surface area (Å²) in [6, 6.07) is 1.91. The second-order valence-electron chi connectivity index (χ2n) is 4.73. The number of nitrogens with one attached hydrogen (secondary N) is 2. The van der Waals surface area contributed by atoms with Gasteiger partial charge < -0.3 is 21.3 Å². The van der Waals surface area contributed by atoms with Gasteiger partial charge >= 0.3 is 0 Å². The van der Waals surface area contributed by atoms with E-state index >= 15 is 0 Å². The molecule has 0 aliphatic heterocycles. The molecule has 1 rings (SSSR count). The third-order valence-corrected chi connectivity index (χ3v) is 3.15. The Bertz CT molecular complexity index is 378. The number of hydrogen-bond acceptors (Lipinski definition) is 6. The van der Waals surface area contributed by atoms with Gasteiger partial charge in [0.1, 0.15) is 11.6 Å². The maximum absolute atomic E-state index is 5.72. The molecule has 0 saturated heterocycles. The zero-order valence-corrected chi connectivity index (χ0v) is 12.9. The van der Waals surface area contributed by atoms with E-state index in [4.69, 9.17) is 5.73 Å². The Balaban J connectivity index is 2.41. The van der Waals surface area contributed by atoms with Crippen LogP contribution in [0.2, 0.25) is 0 Å². The fraction of sp³-hybridized carbons (Fsp3) is 0.714. The van der Waals surface area contributed by atoms with Crippen LogP contribution in [-0.2, 0) is 0 Å². The number of anilines is 3.